The molecule has 84 valence electrons. The van der Waals surface area contributed by atoms with Gasteiger partial charge in [-0.05, 0) is 32.6 Å². The zero-order valence-electron chi connectivity index (χ0n) is 10.2. The van der Waals surface area contributed by atoms with Gasteiger partial charge in [0, 0.05) is 12.8 Å². The highest BCUT2D eigenvalue weighted by molar-refractivity contribution is 4.83. The van der Waals surface area contributed by atoms with Gasteiger partial charge < -0.3 is 10.6 Å². The third kappa shape index (κ3) is 2.29. The first-order valence-electron chi connectivity index (χ1n) is 6.33. The van der Waals surface area contributed by atoms with Crippen molar-refractivity contribution in [1.82, 2.24) is 0 Å². The topological polar surface area (TPSA) is 32.1 Å². The number of hydrogen-bond acceptors (Lipinski definition) is 0. The van der Waals surface area contributed by atoms with Crippen LogP contribution >= 0.6 is 0 Å². The molecule has 0 unspecified atom stereocenters. The van der Waals surface area contributed by atoms with Crippen molar-refractivity contribution in [3.8, 4) is 0 Å². The van der Waals surface area contributed by atoms with Crippen LogP contribution in [0.4, 0.5) is 0 Å². The molecule has 2 heteroatoms. The van der Waals surface area contributed by atoms with Crippen LogP contribution in [0, 0.1) is 5.92 Å². The first-order chi connectivity index (χ1) is 6.68. The Morgan fingerprint density at radius 3 is 2.07 bits per heavy atom. The summed E-state index contributed by atoms with van der Waals surface area (Å²) in [5.74, 6) is 0.949. The molecule has 0 heterocycles. The quantitative estimate of drug-likeness (QED) is 0.645. The lowest BCUT2D eigenvalue weighted by atomic mass is 9.76. The molecular formula is C12H28N2+2. The first kappa shape index (κ1) is 12.0. The Bertz CT molecular complexity index is 156. The van der Waals surface area contributed by atoms with Gasteiger partial charge in [-0.1, -0.05) is 6.92 Å². The zero-order valence-corrected chi connectivity index (χ0v) is 10.2. The zero-order chi connectivity index (χ0) is 10.6. The van der Waals surface area contributed by atoms with E-state index in [9.17, 15) is 0 Å². The highest BCUT2D eigenvalue weighted by Crippen LogP contribution is 2.28. The maximum Gasteiger partial charge on any atom is 0.147 e. The molecule has 1 aliphatic rings. The summed E-state index contributed by atoms with van der Waals surface area (Å²) in [6.45, 7) is 10.7. The van der Waals surface area contributed by atoms with Crippen LogP contribution in [0.1, 0.15) is 46.5 Å². The number of hydrogen-bond donors (Lipinski definition) is 2. The van der Waals surface area contributed by atoms with E-state index in [1.54, 1.807) is 4.90 Å². The van der Waals surface area contributed by atoms with Crippen LogP contribution in [-0.4, -0.2) is 25.2 Å². The predicted octanol–water partition coefficient (Wildman–Crippen LogP) is 0.102. The van der Waals surface area contributed by atoms with Gasteiger partial charge in [0.2, 0.25) is 0 Å². The van der Waals surface area contributed by atoms with Crippen LogP contribution in [0.3, 0.4) is 0 Å². The van der Waals surface area contributed by atoms with Gasteiger partial charge in [-0.15, -0.1) is 0 Å². The highest BCUT2D eigenvalue weighted by atomic mass is 15.2. The molecule has 1 fully saturated rings. The predicted molar refractivity (Wildman–Crippen MR) is 60.2 cm³/mol. The van der Waals surface area contributed by atoms with E-state index < -0.39 is 0 Å². The van der Waals surface area contributed by atoms with Crippen LogP contribution in [0.15, 0.2) is 0 Å². The summed E-state index contributed by atoms with van der Waals surface area (Å²) in [6, 6.07) is 0. The second kappa shape index (κ2) is 5.13. The third-order valence-electron chi connectivity index (χ3n) is 4.31. The summed E-state index contributed by atoms with van der Waals surface area (Å²) < 4.78 is 0. The fourth-order valence-corrected chi connectivity index (χ4v) is 3.10. The number of likely N-dealkylation sites (N-methyl/N-ethyl adjacent to an activating group) is 1. The Kier molecular flexibility index (Phi) is 4.39. The molecule has 1 aliphatic carbocycles. The van der Waals surface area contributed by atoms with Crippen LogP contribution in [0.25, 0.3) is 0 Å². The largest absolute Gasteiger partial charge is 0.352 e. The van der Waals surface area contributed by atoms with Gasteiger partial charge in [-0.25, -0.2) is 0 Å². The SMILES string of the molecule is CC[NH+](CC)C1(C[NH3+])CCC(C)CC1. The summed E-state index contributed by atoms with van der Waals surface area (Å²) in [7, 11) is 0. The Morgan fingerprint density at radius 2 is 1.71 bits per heavy atom. The van der Waals surface area contributed by atoms with Gasteiger partial charge in [0.25, 0.3) is 0 Å². The van der Waals surface area contributed by atoms with Crippen molar-refractivity contribution in [3.63, 3.8) is 0 Å². The molecule has 0 amide bonds. The molecule has 1 saturated carbocycles. The Balaban J connectivity index is 2.65. The monoisotopic (exact) mass is 200 g/mol. The van der Waals surface area contributed by atoms with Crippen molar-refractivity contribution < 1.29 is 10.6 Å². The molecule has 0 aromatic rings. The molecule has 4 N–H and O–H groups in total. The van der Waals surface area contributed by atoms with Crippen molar-refractivity contribution in [3.05, 3.63) is 0 Å². The fraction of sp³-hybridized carbons (Fsp3) is 1.00. The standard InChI is InChI=1S/C12H26N2/c1-4-14(5-2)12(10-13)8-6-11(3)7-9-12/h11H,4-10,13H2,1-3H3/p+2. The molecule has 0 atom stereocenters. The Morgan fingerprint density at radius 1 is 1.21 bits per heavy atom. The molecular weight excluding hydrogens is 172 g/mol. The van der Waals surface area contributed by atoms with Crippen LogP contribution in [0.2, 0.25) is 0 Å². The molecule has 0 radical (unpaired) electrons. The van der Waals surface area contributed by atoms with E-state index in [2.05, 4.69) is 26.5 Å². The normalized spacial score (nSPS) is 33.6. The summed E-state index contributed by atoms with van der Waals surface area (Å²) in [4.78, 5) is 1.78. The molecule has 0 aromatic carbocycles. The molecule has 14 heavy (non-hydrogen) atoms. The molecule has 0 spiro atoms. The number of quaternary nitrogens is 2. The first-order valence-corrected chi connectivity index (χ1v) is 6.33. The lowest BCUT2D eigenvalue weighted by molar-refractivity contribution is -0.958. The number of rotatable bonds is 4. The van der Waals surface area contributed by atoms with E-state index in [1.807, 2.05) is 0 Å². The summed E-state index contributed by atoms with van der Waals surface area (Å²) in [5, 5.41) is 0. The third-order valence-corrected chi connectivity index (χ3v) is 4.31. The average molecular weight is 200 g/mol. The molecule has 0 saturated heterocycles. The fourth-order valence-electron chi connectivity index (χ4n) is 3.10. The highest BCUT2D eigenvalue weighted by Gasteiger charge is 2.42. The molecule has 1 rings (SSSR count). The minimum atomic E-state index is 0.524. The van der Waals surface area contributed by atoms with Crippen LogP contribution in [-0.2, 0) is 0 Å². The smallest absolute Gasteiger partial charge is 0.147 e. The van der Waals surface area contributed by atoms with Crippen molar-refractivity contribution in [2.75, 3.05) is 19.6 Å². The van der Waals surface area contributed by atoms with E-state index in [-0.39, 0.29) is 0 Å². The van der Waals surface area contributed by atoms with Gasteiger partial charge in [0.1, 0.15) is 12.1 Å². The second-order valence-corrected chi connectivity index (χ2v) is 5.02. The molecule has 2 nitrogen and oxygen atoms in total. The van der Waals surface area contributed by atoms with E-state index in [0.717, 1.165) is 12.5 Å². The minimum Gasteiger partial charge on any atom is -0.352 e. The van der Waals surface area contributed by atoms with Crippen molar-refractivity contribution in [2.45, 2.75) is 52.0 Å². The van der Waals surface area contributed by atoms with Gasteiger partial charge >= 0.3 is 0 Å². The number of nitrogens with one attached hydrogen (secondary N) is 1. The second-order valence-electron chi connectivity index (χ2n) is 5.02. The molecule has 0 aromatic heterocycles. The van der Waals surface area contributed by atoms with Crippen molar-refractivity contribution in [2.24, 2.45) is 5.92 Å². The molecule has 0 bridgehead atoms. The van der Waals surface area contributed by atoms with Crippen molar-refractivity contribution >= 4 is 0 Å². The lowest BCUT2D eigenvalue weighted by Crippen LogP contribution is -3.21. The van der Waals surface area contributed by atoms with Crippen LogP contribution in [0.5, 0.6) is 0 Å². The maximum atomic E-state index is 4.20. The van der Waals surface area contributed by atoms with Gasteiger partial charge in [0.05, 0.1) is 13.1 Å². The summed E-state index contributed by atoms with van der Waals surface area (Å²) in [6.07, 6.45) is 5.63. The van der Waals surface area contributed by atoms with Gasteiger partial charge in [-0.2, -0.15) is 0 Å². The van der Waals surface area contributed by atoms with Crippen molar-refractivity contribution in [1.29, 1.82) is 0 Å². The Hall–Kier alpha value is -0.0800. The lowest BCUT2D eigenvalue weighted by Gasteiger charge is -2.41. The average Bonchev–Trinajstić information content (AvgIpc) is 2.23. The summed E-state index contributed by atoms with van der Waals surface area (Å²) >= 11 is 0. The minimum absolute atomic E-state index is 0.524. The van der Waals surface area contributed by atoms with E-state index in [1.165, 1.54) is 38.8 Å². The van der Waals surface area contributed by atoms with Gasteiger partial charge in [-0.3, -0.25) is 0 Å². The molecule has 0 aliphatic heterocycles. The Labute approximate surface area is 88.8 Å². The van der Waals surface area contributed by atoms with E-state index in [0.29, 0.717) is 5.54 Å². The maximum absolute atomic E-state index is 4.20. The summed E-state index contributed by atoms with van der Waals surface area (Å²) in [5.41, 5.74) is 4.73. The van der Waals surface area contributed by atoms with Gasteiger partial charge in [0.15, 0.2) is 0 Å². The van der Waals surface area contributed by atoms with E-state index in [4.69, 9.17) is 0 Å². The van der Waals surface area contributed by atoms with E-state index >= 15 is 0 Å². The van der Waals surface area contributed by atoms with Crippen LogP contribution < -0.4 is 10.6 Å².